The third-order valence-corrected chi connectivity index (χ3v) is 5.87. The van der Waals surface area contributed by atoms with Crippen molar-refractivity contribution in [3.8, 4) is 0 Å². The number of carbonyl (C=O) groups is 1. The molecule has 0 fully saturated rings. The molecule has 0 unspecified atom stereocenters. The SMILES string of the molecule is NS(=O)(=O)c1ccc(NC(=O)CCSCc2ccccc2Br)cc1. The van der Waals surface area contributed by atoms with Gasteiger partial charge in [0, 0.05) is 28.1 Å². The maximum absolute atomic E-state index is 11.9. The number of sulfonamides is 1. The molecule has 0 spiro atoms. The molecule has 0 aliphatic rings. The maximum atomic E-state index is 11.9. The van der Waals surface area contributed by atoms with E-state index < -0.39 is 10.0 Å². The van der Waals surface area contributed by atoms with Crippen LogP contribution in [-0.2, 0) is 20.6 Å². The molecular weight excluding hydrogens is 412 g/mol. The number of carbonyl (C=O) groups excluding carboxylic acids is 1. The molecule has 3 N–H and O–H groups in total. The van der Waals surface area contributed by atoms with Gasteiger partial charge in [0.25, 0.3) is 0 Å². The van der Waals surface area contributed by atoms with E-state index in [0.29, 0.717) is 17.9 Å². The lowest BCUT2D eigenvalue weighted by atomic mass is 10.2. The van der Waals surface area contributed by atoms with Crippen molar-refractivity contribution >= 4 is 49.3 Å². The third-order valence-electron chi connectivity index (χ3n) is 3.16. The molecule has 0 saturated carbocycles. The lowest BCUT2D eigenvalue weighted by Crippen LogP contribution is -2.14. The summed E-state index contributed by atoms with van der Waals surface area (Å²) in [4.78, 5) is 11.9. The van der Waals surface area contributed by atoms with Gasteiger partial charge in [0.15, 0.2) is 0 Å². The molecular formula is C16H17BrN2O3S2. The van der Waals surface area contributed by atoms with E-state index in [1.54, 1.807) is 11.8 Å². The number of anilines is 1. The van der Waals surface area contributed by atoms with Crippen molar-refractivity contribution in [3.63, 3.8) is 0 Å². The van der Waals surface area contributed by atoms with Gasteiger partial charge in [0.05, 0.1) is 4.90 Å². The highest BCUT2D eigenvalue weighted by Crippen LogP contribution is 2.21. The van der Waals surface area contributed by atoms with Gasteiger partial charge in [0.2, 0.25) is 15.9 Å². The largest absolute Gasteiger partial charge is 0.326 e. The third kappa shape index (κ3) is 5.94. The number of benzene rings is 2. The minimum Gasteiger partial charge on any atom is -0.326 e. The zero-order valence-corrected chi connectivity index (χ0v) is 16.0. The van der Waals surface area contributed by atoms with E-state index in [1.165, 1.54) is 29.8 Å². The second-order valence-corrected chi connectivity index (χ2v) is 8.53. The summed E-state index contributed by atoms with van der Waals surface area (Å²) < 4.78 is 23.4. The Morgan fingerprint density at radius 2 is 1.79 bits per heavy atom. The molecule has 24 heavy (non-hydrogen) atoms. The summed E-state index contributed by atoms with van der Waals surface area (Å²) in [5, 5.41) is 7.76. The first-order valence-electron chi connectivity index (χ1n) is 7.10. The van der Waals surface area contributed by atoms with E-state index in [2.05, 4.69) is 21.2 Å². The number of rotatable bonds is 7. The molecule has 0 radical (unpaired) electrons. The molecule has 0 aliphatic carbocycles. The van der Waals surface area contributed by atoms with Crippen LogP contribution in [-0.4, -0.2) is 20.1 Å². The Bertz CT molecular complexity index is 808. The minimum absolute atomic E-state index is 0.0180. The highest BCUT2D eigenvalue weighted by Gasteiger charge is 2.08. The van der Waals surface area contributed by atoms with Gasteiger partial charge in [-0.2, -0.15) is 11.8 Å². The predicted molar refractivity (Wildman–Crippen MR) is 101 cm³/mol. The van der Waals surface area contributed by atoms with Crippen molar-refractivity contribution in [1.29, 1.82) is 0 Å². The Labute approximate surface area is 154 Å². The molecule has 0 atom stereocenters. The van der Waals surface area contributed by atoms with Crippen molar-refractivity contribution in [2.24, 2.45) is 5.14 Å². The van der Waals surface area contributed by atoms with Crippen LogP contribution in [0.5, 0.6) is 0 Å². The molecule has 8 heteroatoms. The molecule has 0 heterocycles. The van der Waals surface area contributed by atoms with E-state index in [9.17, 15) is 13.2 Å². The van der Waals surface area contributed by atoms with Crippen molar-refractivity contribution in [1.82, 2.24) is 0 Å². The van der Waals surface area contributed by atoms with Crippen LogP contribution in [0.4, 0.5) is 5.69 Å². The van der Waals surface area contributed by atoms with Gasteiger partial charge >= 0.3 is 0 Å². The van der Waals surface area contributed by atoms with Crippen LogP contribution >= 0.6 is 27.7 Å². The Balaban J connectivity index is 1.76. The molecule has 0 bridgehead atoms. The number of thioether (sulfide) groups is 1. The Kier molecular flexibility index (Phi) is 6.85. The fourth-order valence-corrected chi connectivity index (χ4v) is 3.99. The van der Waals surface area contributed by atoms with E-state index in [1.807, 2.05) is 24.3 Å². The highest BCUT2D eigenvalue weighted by molar-refractivity contribution is 9.10. The fraction of sp³-hybridized carbons (Fsp3) is 0.188. The van der Waals surface area contributed by atoms with Crippen LogP contribution in [0, 0.1) is 0 Å². The van der Waals surface area contributed by atoms with E-state index >= 15 is 0 Å². The first-order valence-corrected chi connectivity index (χ1v) is 10.6. The van der Waals surface area contributed by atoms with Crippen LogP contribution in [0.15, 0.2) is 57.9 Å². The fourth-order valence-electron chi connectivity index (χ4n) is 1.91. The number of primary sulfonamides is 1. The van der Waals surface area contributed by atoms with Gasteiger partial charge in [-0.1, -0.05) is 34.1 Å². The molecule has 0 saturated heterocycles. The number of halogens is 1. The number of nitrogens with one attached hydrogen (secondary N) is 1. The van der Waals surface area contributed by atoms with Crippen molar-refractivity contribution in [2.45, 2.75) is 17.1 Å². The van der Waals surface area contributed by atoms with Gasteiger partial charge in [-0.3, -0.25) is 4.79 Å². The molecule has 0 aliphatic heterocycles. The van der Waals surface area contributed by atoms with Crippen LogP contribution in [0.25, 0.3) is 0 Å². The summed E-state index contributed by atoms with van der Waals surface area (Å²) in [6, 6.07) is 13.8. The first kappa shape index (κ1) is 19.0. The molecule has 2 aromatic carbocycles. The zero-order chi connectivity index (χ0) is 17.6. The number of hydrogen-bond acceptors (Lipinski definition) is 4. The number of nitrogens with two attached hydrogens (primary N) is 1. The van der Waals surface area contributed by atoms with E-state index in [4.69, 9.17) is 5.14 Å². The summed E-state index contributed by atoms with van der Waals surface area (Å²) >= 11 is 5.18. The van der Waals surface area contributed by atoms with Gasteiger partial charge in [-0.25, -0.2) is 13.6 Å². The average Bonchev–Trinajstić information content (AvgIpc) is 2.53. The lowest BCUT2D eigenvalue weighted by Gasteiger charge is -2.07. The van der Waals surface area contributed by atoms with Crippen LogP contribution in [0.2, 0.25) is 0 Å². The van der Waals surface area contributed by atoms with Crippen molar-refractivity contribution in [2.75, 3.05) is 11.1 Å². The van der Waals surface area contributed by atoms with Crippen molar-refractivity contribution < 1.29 is 13.2 Å². The molecule has 0 aromatic heterocycles. The standard InChI is InChI=1S/C16H17BrN2O3S2/c17-15-4-2-1-3-12(15)11-23-10-9-16(20)19-13-5-7-14(8-6-13)24(18,21)22/h1-8H,9-11H2,(H,19,20)(H2,18,21,22). The monoisotopic (exact) mass is 428 g/mol. The zero-order valence-electron chi connectivity index (χ0n) is 12.7. The van der Waals surface area contributed by atoms with Gasteiger partial charge in [-0.05, 0) is 35.9 Å². The Morgan fingerprint density at radius 1 is 1.12 bits per heavy atom. The minimum atomic E-state index is -3.72. The van der Waals surface area contributed by atoms with Crippen LogP contribution < -0.4 is 10.5 Å². The Morgan fingerprint density at radius 3 is 2.42 bits per heavy atom. The van der Waals surface area contributed by atoms with Crippen molar-refractivity contribution in [3.05, 3.63) is 58.6 Å². The quantitative estimate of drug-likeness (QED) is 0.661. The highest BCUT2D eigenvalue weighted by atomic mass is 79.9. The van der Waals surface area contributed by atoms with Gasteiger partial charge in [0.1, 0.15) is 0 Å². The Hall–Kier alpha value is -1.35. The number of amides is 1. The number of hydrogen-bond donors (Lipinski definition) is 2. The first-order chi connectivity index (χ1) is 11.4. The maximum Gasteiger partial charge on any atom is 0.238 e. The van der Waals surface area contributed by atoms with E-state index in [0.717, 1.165) is 10.2 Å². The summed E-state index contributed by atoms with van der Waals surface area (Å²) in [6.45, 7) is 0. The molecule has 2 aromatic rings. The molecule has 1 amide bonds. The second kappa shape index (κ2) is 8.66. The summed E-state index contributed by atoms with van der Waals surface area (Å²) in [5.41, 5.74) is 1.74. The second-order valence-electron chi connectivity index (χ2n) is 5.01. The smallest absolute Gasteiger partial charge is 0.238 e. The summed E-state index contributed by atoms with van der Waals surface area (Å²) in [6.07, 6.45) is 0.381. The van der Waals surface area contributed by atoms with Crippen LogP contribution in [0.1, 0.15) is 12.0 Å². The molecule has 5 nitrogen and oxygen atoms in total. The molecule has 2 rings (SSSR count). The van der Waals surface area contributed by atoms with E-state index in [-0.39, 0.29) is 10.8 Å². The topological polar surface area (TPSA) is 89.3 Å². The predicted octanol–water partition coefficient (Wildman–Crippen LogP) is 3.36. The summed E-state index contributed by atoms with van der Waals surface area (Å²) in [7, 11) is -3.72. The normalized spacial score (nSPS) is 11.2. The molecule has 128 valence electrons. The van der Waals surface area contributed by atoms with Gasteiger partial charge in [-0.15, -0.1) is 0 Å². The van der Waals surface area contributed by atoms with Crippen LogP contribution in [0.3, 0.4) is 0 Å². The lowest BCUT2D eigenvalue weighted by molar-refractivity contribution is -0.115. The summed E-state index contributed by atoms with van der Waals surface area (Å²) in [5.74, 6) is 1.41. The van der Waals surface area contributed by atoms with Gasteiger partial charge < -0.3 is 5.32 Å². The average molecular weight is 429 g/mol.